The molecule has 0 atom stereocenters. The Morgan fingerprint density at radius 3 is 0.703 bits per heavy atom. The van der Waals surface area contributed by atoms with Crippen LogP contribution in [0.3, 0.4) is 0 Å². The second-order valence-electron chi connectivity index (χ2n) is 21.3. The fourth-order valence-electron chi connectivity index (χ4n) is 10.0. The van der Waals surface area contributed by atoms with E-state index in [9.17, 15) is 0 Å². The molecule has 0 heterocycles. The lowest BCUT2D eigenvalue weighted by Gasteiger charge is -2.19. The molecule has 0 aliphatic carbocycles. The van der Waals surface area contributed by atoms with E-state index in [1.165, 1.54) is 189 Å². The molecule has 0 aliphatic rings. The lowest BCUT2D eigenvalue weighted by atomic mass is 9.95. The fourth-order valence-corrected chi connectivity index (χ4v) is 10.0. The molecule has 0 bridgehead atoms. The van der Waals surface area contributed by atoms with Crippen LogP contribution in [0.5, 0.6) is 23.0 Å². The predicted molar refractivity (Wildman–Crippen MR) is 321 cm³/mol. The van der Waals surface area contributed by atoms with Gasteiger partial charge in [-0.2, -0.15) is 0 Å². The van der Waals surface area contributed by atoms with Crippen LogP contribution in [-0.2, 0) is 0 Å². The number of rotatable bonds is 44. The Balaban J connectivity index is 1.10. The molecular weight excluding hydrogens is 905 g/mol. The van der Waals surface area contributed by atoms with Gasteiger partial charge in [-0.25, -0.2) is 0 Å². The van der Waals surface area contributed by atoms with Gasteiger partial charge in [0.25, 0.3) is 0 Å². The van der Waals surface area contributed by atoms with E-state index in [-0.39, 0.29) is 0 Å². The Labute approximate surface area is 453 Å². The van der Waals surface area contributed by atoms with Gasteiger partial charge in [-0.1, -0.05) is 280 Å². The molecule has 0 radical (unpaired) electrons. The minimum Gasteiger partial charge on any atom is -0.494 e. The Morgan fingerprint density at radius 2 is 0.432 bits per heavy atom. The number of benzene rings is 5. The average molecular weight is 1010 g/mol. The molecule has 0 spiro atoms. The summed E-state index contributed by atoms with van der Waals surface area (Å²) in [6.07, 6.45) is 42.5. The van der Waals surface area contributed by atoms with Crippen LogP contribution in [0.4, 0.5) is 0 Å². The molecule has 4 nitrogen and oxygen atoms in total. The van der Waals surface area contributed by atoms with Crippen molar-refractivity contribution in [2.45, 2.75) is 233 Å². The van der Waals surface area contributed by atoms with Crippen molar-refractivity contribution in [3.63, 3.8) is 0 Å². The van der Waals surface area contributed by atoms with Gasteiger partial charge in [-0.3, -0.25) is 0 Å². The van der Waals surface area contributed by atoms with E-state index in [0.29, 0.717) is 13.2 Å². The summed E-state index contributed by atoms with van der Waals surface area (Å²) >= 11 is 0. The topological polar surface area (TPSA) is 36.9 Å². The molecule has 0 amide bonds. The molecule has 0 saturated heterocycles. The van der Waals surface area contributed by atoms with Gasteiger partial charge in [0, 0.05) is 11.1 Å². The highest BCUT2D eigenvalue weighted by molar-refractivity contribution is 5.83. The van der Waals surface area contributed by atoms with Gasteiger partial charge < -0.3 is 18.9 Å². The van der Waals surface area contributed by atoms with Gasteiger partial charge in [0.1, 0.15) is 23.0 Å². The van der Waals surface area contributed by atoms with Crippen LogP contribution in [0.2, 0.25) is 0 Å². The first-order valence-corrected chi connectivity index (χ1v) is 30.7. The SMILES string of the molecule is CCCCCCCCCCCCCCCCOc1ccc(-c2ccc(-c3cc(OCCCC)c(-c4ccc(-c5ccc(OCCCCCCCCCCCCCCCC)cc5)cc4)cc3OCCCC)cc2)cc1. The van der Waals surface area contributed by atoms with Crippen LogP contribution in [-0.4, -0.2) is 26.4 Å². The summed E-state index contributed by atoms with van der Waals surface area (Å²) in [7, 11) is 0. The predicted octanol–water partition coefficient (Wildman–Crippen LogP) is 22.4. The molecule has 0 N–H and O–H groups in total. The summed E-state index contributed by atoms with van der Waals surface area (Å²) in [5.74, 6) is 3.67. The van der Waals surface area contributed by atoms with Crippen molar-refractivity contribution in [1.29, 1.82) is 0 Å². The molecule has 74 heavy (non-hydrogen) atoms. The molecule has 4 heteroatoms. The summed E-state index contributed by atoms with van der Waals surface area (Å²) in [4.78, 5) is 0. The van der Waals surface area contributed by atoms with Crippen molar-refractivity contribution in [3.8, 4) is 67.5 Å². The Morgan fingerprint density at radius 1 is 0.216 bits per heavy atom. The summed E-state index contributed by atoms with van der Waals surface area (Å²) in [6.45, 7) is 11.9. The highest BCUT2D eigenvalue weighted by Crippen LogP contribution is 2.42. The van der Waals surface area contributed by atoms with Crippen molar-refractivity contribution in [1.82, 2.24) is 0 Å². The maximum Gasteiger partial charge on any atom is 0.128 e. The summed E-state index contributed by atoms with van der Waals surface area (Å²) in [5, 5.41) is 0. The number of hydrogen-bond acceptors (Lipinski definition) is 4. The van der Waals surface area contributed by atoms with E-state index in [1.54, 1.807) is 0 Å². The molecule has 0 fully saturated rings. The molecule has 0 unspecified atom stereocenters. The molecule has 5 aromatic rings. The first kappa shape index (κ1) is 60.2. The lowest BCUT2D eigenvalue weighted by molar-refractivity contribution is 0.303. The number of ether oxygens (including phenoxy) is 4. The molecule has 0 aliphatic heterocycles. The zero-order valence-electron chi connectivity index (χ0n) is 47.5. The third-order valence-corrected chi connectivity index (χ3v) is 14.9. The molecule has 406 valence electrons. The third kappa shape index (κ3) is 23.9. The monoisotopic (exact) mass is 1010 g/mol. The van der Waals surface area contributed by atoms with E-state index in [1.807, 2.05) is 0 Å². The smallest absolute Gasteiger partial charge is 0.128 e. The van der Waals surface area contributed by atoms with Crippen molar-refractivity contribution in [3.05, 3.63) is 109 Å². The normalized spacial score (nSPS) is 11.3. The maximum absolute atomic E-state index is 6.60. The first-order valence-electron chi connectivity index (χ1n) is 30.7. The van der Waals surface area contributed by atoms with Gasteiger partial charge >= 0.3 is 0 Å². The zero-order valence-corrected chi connectivity index (χ0v) is 47.5. The largest absolute Gasteiger partial charge is 0.494 e. The van der Waals surface area contributed by atoms with Gasteiger partial charge in [0.05, 0.1) is 26.4 Å². The molecule has 0 aromatic heterocycles. The minimum atomic E-state index is 0.670. The minimum absolute atomic E-state index is 0.670. The highest BCUT2D eigenvalue weighted by Gasteiger charge is 2.17. The summed E-state index contributed by atoms with van der Waals surface area (Å²) < 4.78 is 25.5. The Bertz CT molecular complexity index is 1970. The Hall–Kier alpha value is -4.70. The lowest BCUT2D eigenvalue weighted by Crippen LogP contribution is -2.02. The standard InChI is InChI=1S/C70H102O4/c1-5-9-13-15-17-19-21-23-25-27-29-31-33-35-55-71-65-49-45-61(46-50-65)59-37-41-63(42-38-59)67-57-70(74-54-12-8-4)68(58-69(67)73-53-11-7-3)64-43-39-60(40-44-64)62-47-51-66(52-48-62)72-56-36-34-32-30-28-26-24-22-20-18-16-14-10-6-2/h37-52,57-58H,5-36,53-56H2,1-4H3. The van der Waals surface area contributed by atoms with Crippen molar-refractivity contribution in [2.75, 3.05) is 26.4 Å². The Kier molecular flexibility index (Phi) is 31.5. The molecule has 0 saturated carbocycles. The van der Waals surface area contributed by atoms with Gasteiger partial charge in [-0.05, 0) is 95.5 Å². The van der Waals surface area contributed by atoms with E-state index >= 15 is 0 Å². The van der Waals surface area contributed by atoms with E-state index in [2.05, 4.69) is 137 Å². The highest BCUT2D eigenvalue weighted by atomic mass is 16.5. The molecule has 5 rings (SSSR count). The van der Waals surface area contributed by atoms with E-state index < -0.39 is 0 Å². The summed E-state index contributed by atoms with van der Waals surface area (Å²) in [6, 6.07) is 39.4. The zero-order chi connectivity index (χ0) is 51.9. The first-order chi connectivity index (χ1) is 36.6. The van der Waals surface area contributed by atoms with Gasteiger partial charge in [0.15, 0.2) is 0 Å². The van der Waals surface area contributed by atoms with Crippen LogP contribution in [0.25, 0.3) is 44.5 Å². The molecule has 5 aromatic carbocycles. The number of unbranched alkanes of at least 4 members (excludes halogenated alkanes) is 28. The molecular formula is C70H102O4. The second kappa shape index (κ2) is 38.8. The van der Waals surface area contributed by atoms with Gasteiger partial charge in [-0.15, -0.1) is 0 Å². The quantitative estimate of drug-likeness (QED) is 0.0364. The van der Waals surface area contributed by atoms with Crippen LogP contribution >= 0.6 is 0 Å². The van der Waals surface area contributed by atoms with Crippen LogP contribution in [0, 0.1) is 0 Å². The maximum atomic E-state index is 6.60. The fraction of sp³-hybridized carbons (Fsp3) is 0.571. The van der Waals surface area contributed by atoms with Crippen molar-refractivity contribution in [2.24, 2.45) is 0 Å². The second-order valence-corrected chi connectivity index (χ2v) is 21.3. The van der Waals surface area contributed by atoms with Crippen LogP contribution in [0.1, 0.15) is 233 Å². The third-order valence-electron chi connectivity index (χ3n) is 14.9. The van der Waals surface area contributed by atoms with Gasteiger partial charge in [0.2, 0.25) is 0 Å². The van der Waals surface area contributed by atoms with E-state index in [4.69, 9.17) is 18.9 Å². The van der Waals surface area contributed by atoms with Crippen molar-refractivity contribution >= 4 is 0 Å². The van der Waals surface area contributed by atoms with Crippen LogP contribution in [0.15, 0.2) is 109 Å². The van der Waals surface area contributed by atoms with Crippen LogP contribution < -0.4 is 18.9 Å². The van der Waals surface area contributed by atoms with Crippen molar-refractivity contribution < 1.29 is 18.9 Å². The van der Waals surface area contributed by atoms with E-state index in [0.717, 1.165) is 97.0 Å². The number of hydrogen-bond donors (Lipinski definition) is 0. The average Bonchev–Trinajstić information content (AvgIpc) is 3.43. The summed E-state index contributed by atoms with van der Waals surface area (Å²) in [5.41, 5.74) is 9.06.